The van der Waals surface area contributed by atoms with Gasteiger partial charge < -0.3 is 0 Å². The van der Waals surface area contributed by atoms with Crippen molar-refractivity contribution >= 4 is 24.0 Å². The van der Waals surface area contributed by atoms with E-state index in [1.54, 1.807) is 0 Å². The third-order valence-corrected chi connectivity index (χ3v) is 4.97. The van der Waals surface area contributed by atoms with Gasteiger partial charge in [0.25, 0.3) is 0 Å². The molecule has 1 aliphatic heterocycles. The SMILES string of the molecule is CCc1nc(CN2CCCCCC2)sc1CS. The smallest absolute Gasteiger partial charge is 0.107 e. The van der Waals surface area contributed by atoms with Crippen molar-refractivity contribution < 1.29 is 0 Å². The number of hydrogen-bond donors (Lipinski definition) is 1. The van der Waals surface area contributed by atoms with E-state index in [2.05, 4.69) is 24.5 Å². The van der Waals surface area contributed by atoms with Gasteiger partial charge >= 0.3 is 0 Å². The molecule has 96 valence electrons. The van der Waals surface area contributed by atoms with Crippen LogP contribution in [0.4, 0.5) is 0 Å². The normalized spacial score (nSPS) is 18.2. The molecule has 0 aromatic carbocycles. The predicted octanol–water partition coefficient (Wildman–Crippen LogP) is 3.51. The Kier molecular flexibility index (Phi) is 5.32. The van der Waals surface area contributed by atoms with Crippen LogP contribution in [0.15, 0.2) is 0 Å². The molecule has 0 radical (unpaired) electrons. The largest absolute Gasteiger partial charge is 0.297 e. The highest BCUT2D eigenvalue weighted by molar-refractivity contribution is 7.79. The molecule has 0 aliphatic carbocycles. The monoisotopic (exact) mass is 270 g/mol. The molecule has 2 nitrogen and oxygen atoms in total. The minimum absolute atomic E-state index is 0.834. The molecule has 1 aromatic rings. The maximum absolute atomic E-state index is 4.75. The lowest BCUT2D eigenvalue weighted by Crippen LogP contribution is -2.23. The van der Waals surface area contributed by atoms with Crippen molar-refractivity contribution in [2.45, 2.75) is 51.3 Å². The molecule has 4 heteroatoms. The van der Waals surface area contributed by atoms with E-state index in [-0.39, 0.29) is 0 Å². The van der Waals surface area contributed by atoms with Crippen LogP contribution in [0, 0.1) is 0 Å². The number of likely N-dealkylation sites (tertiary alicyclic amines) is 1. The van der Waals surface area contributed by atoms with Gasteiger partial charge in [-0.2, -0.15) is 12.6 Å². The fraction of sp³-hybridized carbons (Fsp3) is 0.769. The average molecular weight is 270 g/mol. The Hall–Kier alpha value is -0.0600. The highest BCUT2D eigenvalue weighted by Crippen LogP contribution is 2.23. The van der Waals surface area contributed by atoms with Crippen LogP contribution in [0.1, 0.15) is 48.2 Å². The standard InChI is InChI=1S/C13H22N2S2/c1-2-11-12(10-16)17-13(14-11)9-15-7-5-3-4-6-8-15/h16H,2-10H2,1H3. The maximum atomic E-state index is 4.75. The quantitative estimate of drug-likeness (QED) is 0.843. The van der Waals surface area contributed by atoms with Gasteiger partial charge in [-0.1, -0.05) is 19.8 Å². The first kappa shape index (κ1) is 13.4. The van der Waals surface area contributed by atoms with Gasteiger partial charge in [0.1, 0.15) is 5.01 Å². The Morgan fingerprint density at radius 1 is 1.24 bits per heavy atom. The van der Waals surface area contributed by atoms with E-state index in [0.29, 0.717) is 0 Å². The van der Waals surface area contributed by atoms with Gasteiger partial charge in [-0.3, -0.25) is 4.90 Å². The Labute approximate surface area is 114 Å². The van der Waals surface area contributed by atoms with Gasteiger partial charge in [0.05, 0.1) is 12.2 Å². The second-order valence-corrected chi connectivity index (χ2v) is 6.16. The van der Waals surface area contributed by atoms with Crippen molar-refractivity contribution in [2.75, 3.05) is 13.1 Å². The van der Waals surface area contributed by atoms with Crippen molar-refractivity contribution in [3.63, 3.8) is 0 Å². The van der Waals surface area contributed by atoms with Gasteiger partial charge in [-0.15, -0.1) is 11.3 Å². The summed E-state index contributed by atoms with van der Waals surface area (Å²) in [6.07, 6.45) is 6.54. The molecule has 1 aliphatic rings. The fourth-order valence-corrected chi connectivity index (χ4v) is 3.83. The van der Waals surface area contributed by atoms with Gasteiger partial charge in [0.15, 0.2) is 0 Å². The molecule has 1 saturated heterocycles. The summed E-state index contributed by atoms with van der Waals surface area (Å²) >= 11 is 6.24. The summed E-state index contributed by atoms with van der Waals surface area (Å²) in [6, 6.07) is 0. The Bertz CT molecular complexity index is 320. The molecule has 2 heterocycles. The summed E-state index contributed by atoms with van der Waals surface area (Å²) in [5, 5.41) is 1.28. The summed E-state index contributed by atoms with van der Waals surface area (Å²) in [5.41, 5.74) is 1.26. The summed E-state index contributed by atoms with van der Waals surface area (Å²) < 4.78 is 0. The van der Waals surface area contributed by atoms with E-state index in [0.717, 1.165) is 18.7 Å². The van der Waals surface area contributed by atoms with E-state index >= 15 is 0 Å². The molecule has 0 N–H and O–H groups in total. The molecule has 1 aromatic heterocycles. The summed E-state index contributed by atoms with van der Waals surface area (Å²) in [6.45, 7) is 5.72. The minimum atomic E-state index is 0.834. The number of rotatable bonds is 4. The number of hydrogen-bond acceptors (Lipinski definition) is 4. The lowest BCUT2D eigenvalue weighted by Gasteiger charge is -2.17. The van der Waals surface area contributed by atoms with E-state index in [4.69, 9.17) is 4.98 Å². The molecule has 0 spiro atoms. The van der Waals surface area contributed by atoms with E-state index < -0.39 is 0 Å². The molecular weight excluding hydrogens is 248 g/mol. The topological polar surface area (TPSA) is 16.1 Å². The zero-order valence-electron chi connectivity index (χ0n) is 10.6. The van der Waals surface area contributed by atoms with Crippen LogP contribution in [0.25, 0.3) is 0 Å². The van der Waals surface area contributed by atoms with Crippen molar-refractivity contribution in [3.05, 3.63) is 15.6 Å². The van der Waals surface area contributed by atoms with Crippen LogP contribution in [0.3, 0.4) is 0 Å². The van der Waals surface area contributed by atoms with Crippen molar-refractivity contribution in [2.24, 2.45) is 0 Å². The minimum Gasteiger partial charge on any atom is -0.297 e. The van der Waals surface area contributed by atoms with Crippen molar-refractivity contribution in [3.8, 4) is 0 Å². The van der Waals surface area contributed by atoms with Gasteiger partial charge in [0, 0.05) is 10.6 Å². The van der Waals surface area contributed by atoms with Crippen molar-refractivity contribution in [1.29, 1.82) is 0 Å². The maximum Gasteiger partial charge on any atom is 0.107 e. The molecule has 2 rings (SSSR count). The lowest BCUT2D eigenvalue weighted by atomic mass is 10.2. The molecular formula is C13H22N2S2. The zero-order chi connectivity index (χ0) is 12.1. The Morgan fingerprint density at radius 3 is 2.47 bits per heavy atom. The van der Waals surface area contributed by atoms with Crippen molar-refractivity contribution in [1.82, 2.24) is 9.88 Å². The molecule has 0 atom stereocenters. The first-order chi connectivity index (χ1) is 8.33. The van der Waals surface area contributed by atoms with Crippen LogP contribution >= 0.6 is 24.0 Å². The second kappa shape index (κ2) is 6.76. The predicted molar refractivity (Wildman–Crippen MR) is 77.9 cm³/mol. The van der Waals surface area contributed by atoms with Gasteiger partial charge in [-0.25, -0.2) is 4.98 Å². The van der Waals surface area contributed by atoms with Crippen LogP contribution in [-0.4, -0.2) is 23.0 Å². The summed E-state index contributed by atoms with van der Waals surface area (Å²) in [4.78, 5) is 8.68. The highest BCUT2D eigenvalue weighted by atomic mass is 32.1. The molecule has 0 unspecified atom stereocenters. The molecule has 0 saturated carbocycles. The number of aryl methyl sites for hydroxylation is 1. The Balaban J connectivity index is 1.99. The average Bonchev–Trinajstić information content (AvgIpc) is 2.56. The second-order valence-electron chi connectivity index (χ2n) is 4.68. The third-order valence-electron chi connectivity index (χ3n) is 3.36. The third kappa shape index (κ3) is 3.70. The van der Waals surface area contributed by atoms with E-state index in [9.17, 15) is 0 Å². The van der Waals surface area contributed by atoms with Crippen LogP contribution in [0.5, 0.6) is 0 Å². The molecule has 17 heavy (non-hydrogen) atoms. The lowest BCUT2D eigenvalue weighted by molar-refractivity contribution is 0.276. The number of thiol groups is 1. The van der Waals surface area contributed by atoms with E-state index in [1.165, 1.54) is 54.4 Å². The Morgan fingerprint density at radius 2 is 1.94 bits per heavy atom. The first-order valence-electron chi connectivity index (χ1n) is 6.64. The molecule has 0 bridgehead atoms. The van der Waals surface area contributed by atoms with Crippen LogP contribution < -0.4 is 0 Å². The zero-order valence-corrected chi connectivity index (χ0v) is 12.3. The molecule has 1 fully saturated rings. The molecule has 0 amide bonds. The first-order valence-corrected chi connectivity index (χ1v) is 8.09. The van der Waals surface area contributed by atoms with Crippen LogP contribution in [-0.2, 0) is 18.7 Å². The number of nitrogens with zero attached hydrogens (tertiary/aromatic N) is 2. The van der Waals surface area contributed by atoms with Crippen LogP contribution in [0.2, 0.25) is 0 Å². The highest BCUT2D eigenvalue weighted by Gasteiger charge is 2.13. The van der Waals surface area contributed by atoms with Gasteiger partial charge in [0.2, 0.25) is 0 Å². The fourth-order valence-electron chi connectivity index (χ4n) is 2.39. The van der Waals surface area contributed by atoms with Gasteiger partial charge in [-0.05, 0) is 32.4 Å². The number of aromatic nitrogens is 1. The number of thiazole rings is 1. The summed E-state index contributed by atoms with van der Waals surface area (Å²) in [5.74, 6) is 0.834. The van der Waals surface area contributed by atoms with E-state index in [1.807, 2.05) is 11.3 Å². The summed E-state index contributed by atoms with van der Waals surface area (Å²) in [7, 11) is 0.